The SMILES string of the molecule is c1ccc(-c2ccc3cc(-c4c5ccccc5c(-c5ccc6oc7ccc8c9ccccc9oc8c7c6c5)c5ccccc45)ccc3c2)cc1. The van der Waals surface area contributed by atoms with Crippen LogP contribution in [0.15, 0.2) is 179 Å². The Kier molecular flexibility index (Phi) is 5.70. The Bertz CT molecular complexity index is 3080. The van der Waals surface area contributed by atoms with E-state index in [1.54, 1.807) is 0 Å². The molecular weight excluding hydrogens is 609 g/mol. The van der Waals surface area contributed by atoms with E-state index in [0.29, 0.717) is 0 Å². The van der Waals surface area contributed by atoms with Crippen molar-refractivity contribution in [1.29, 1.82) is 0 Å². The zero-order valence-electron chi connectivity index (χ0n) is 27.0. The van der Waals surface area contributed by atoms with Crippen LogP contribution in [0.4, 0.5) is 0 Å². The van der Waals surface area contributed by atoms with Crippen LogP contribution in [0.1, 0.15) is 0 Å². The molecule has 2 heteroatoms. The van der Waals surface area contributed by atoms with E-state index in [4.69, 9.17) is 8.83 Å². The van der Waals surface area contributed by atoms with Gasteiger partial charge in [-0.25, -0.2) is 0 Å². The normalized spacial score (nSPS) is 12.0. The zero-order valence-corrected chi connectivity index (χ0v) is 27.0. The summed E-state index contributed by atoms with van der Waals surface area (Å²) in [5, 5.41) is 11.7. The number of fused-ring (bicyclic) bond motifs is 10. The van der Waals surface area contributed by atoms with Gasteiger partial charge in [0.2, 0.25) is 0 Å². The summed E-state index contributed by atoms with van der Waals surface area (Å²) in [4.78, 5) is 0. The highest BCUT2D eigenvalue weighted by molar-refractivity contribution is 6.25. The summed E-state index contributed by atoms with van der Waals surface area (Å²) in [5.74, 6) is 0. The predicted octanol–water partition coefficient (Wildman–Crippen LogP) is 13.9. The summed E-state index contributed by atoms with van der Waals surface area (Å²) in [6.07, 6.45) is 0. The Labute approximate surface area is 287 Å². The number of hydrogen-bond acceptors (Lipinski definition) is 2. The molecule has 0 unspecified atom stereocenters. The highest BCUT2D eigenvalue weighted by atomic mass is 16.3. The Morgan fingerprint density at radius 2 is 0.800 bits per heavy atom. The van der Waals surface area contributed by atoms with Crippen molar-refractivity contribution >= 4 is 76.2 Å². The average Bonchev–Trinajstić information content (AvgIpc) is 3.75. The molecule has 0 aliphatic heterocycles. The van der Waals surface area contributed by atoms with Crippen LogP contribution in [-0.4, -0.2) is 0 Å². The van der Waals surface area contributed by atoms with Crippen LogP contribution in [0.2, 0.25) is 0 Å². The fraction of sp³-hybridized carbons (Fsp3) is 0. The molecular formula is C48H28O2. The van der Waals surface area contributed by atoms with Crippen molar-refractivity contribution < 1.29 is 8.83 Å². The zero-order chi connectivity index (χ0) is 32.8. The van der Waals surface area contributed by atoms with Gasteiger partial charge in [0.05, 0.1) is 5.39 Å². The maximum absolute atomic E-state index is 6.48. The van der Waals surface area contributed by atoms with Crippen LogP contribution in [-0.2, 0) is 0 Å². The Balaban J connectivity index is 1.15. The summed E-state index contributed by atoms with van der Waals surface area (Å²) in [6, 6.07) is 61.0. The quantitative estimate of drug-likeness (QED) is 0.180. The fourth-order valence-electron chi connectivity index (χ4n) is 8.16. The molecule has 0 aliphatic rings. The van der Waals surface area contributed by atoms with Crippen LogP contribution < -0.4 is 0 Å². The number of furan rings is 2. The van der Waals surface area contributed by atoms with Crippen molar-refractivity contribution in [1.82, 2.24) is 0 Å². The summed E-state index contributed by atoms with van der Waals surface area (Å²) in [6.45, 7) is 0. The first-order valence-electron chi connectivity index (χ1n) is 17.1. The van der Waals surface area contributed by atoms with Crippen LogP contribution in [0.5, 0.6) is 0 Å². The van der Waals surface area contributed by atoms with Gasteiger partial charge in [-0.2, -0.15) is 0 Å². The second-order valence-corrected chi connectivity index (χ2v) is 13.2. The lowest BCUT2D eigenvalue weighted by atomic mass is 9.85. The van der Waals surface area contributed by atoms with Gasteiger partial charge in [0.15, 0.2) is 0 Å². The monoisotopic (exact) mass is 636 g/mol. The third-order valence-corrected chi connectivity index (χ3v) is 10.4. The van der Waals surface area contributed by atoms with E-state index < -0.39 is 0 Å². The van der Waals surface area contributed by atoms with Crippen molar-refractivity contribution in [2.75, 3.05) is 0 Å². The smallest absolute Gasteiger partial charge is 0.147 e. The molecule has 0 spiro atoms. The first kappa shape index (κ1) is 27.3. The molecule has 0 saturated heterocycles. The van der Waals surface area contributed by atoms with Crippen molar-refractivity contribution in [3.8, 4) is 33.4 Å². The molecule has 0 saturated carbocycles. The van der Waals surface area contributed by atoms with Crippen molar-refractivity contribution in [2.45, 2.75) is 0 Å². The van der Waals surface area contributed by atoms with Gasteiger partial charge in [-0.15, -0.1) is 0 Å². The lowest BCUT2D eigenvalue weighted by Crippen LogP contribution is -1.91. The van der Waals surface area contributed by atoms with Crippen molar-refractivity contribution in [3.05, 3.63) is 170 Å². The highest BCUT2D eigenvalue weighted by Gasteiger charge is 2.20. The van der Waals surface area contributed by atoms with E-state index in [2.05, 4.69) is 158 Å². The molecule has 11 aromatic rings. The van der Waals surface area contributed by atoms with Crippen LogP contribution in [0.3, 0.4) is 0 Å². The lowest BCUT2D eigenvalue weighted by Gasteiger charge is -2.18. The van der Waals surface area contributed by atoms with Crippen LogP contribution in [0, 0.1) is 0 Å². The minimum absolute atomic E-state index is 0.834. The summed E-state index contributed by atoms with van der Waals surface area (Å²) < 4.78 is 12.9. The second-order valence-electron chi connectivity index (χ2n) is 13.2. The molecule has 2 aromatic heterocycles. The molecule has 2 nitrogen and oxygen atoms in total. The molecule has 232 valence electrons. The number of para-hydroxylation sites is 1. The largest absolute Gasteiger partial charge is 0.456 e. The van der Waals surface area contributed by atoms with E-state index in [-0.39, 0.29) is 0 Å². The fourth-order valence-corrected chi connectivity index (χ4v) is 8.16. The number of benzene rings is 9. The molecule has 0 aliphatic carbocycles. The van der Waals surface area contributed by atoms with Gasteiger partial charge in [-0.3, -0.25) is 0 Å². The standard InChI is InChI=1S/C48H28O2/c1-2-10-29(11-3-1)30-18-19-32-27-33(21-20-31(32)26-30)45-36-13-4-6-15-38(36)46(39-16-7-5-14-37(39)45)34-22-24-43-41(28-34)47-44(49-43)25-23-40-35-12-8-9-17-42(35)50-48(40)47/h1-28H. The molecule has 0 N–H and O–H groups in total. The van der Waals surface area contributed by atoms with E-state index in [1.165, 1.54) is 60.1 Å². The lowest BCUT2D eigenvalue weighted by molar-refractivity contribution is 0.663. The number of hydrogen-bond donors (Lipinski definition) is 0. The van der Waals surface area contributed by atoms with E-state index >= 15 is 0 Å². The van der Waals surface area contributed by atoms with Gasteiger partial charge in [-0.05, 0) is 108 Å². The van der Waals surface area contributed by atoms with Gasteiger partial charge >= 0.3 is 0 Å². The van der Waals surface area contributed by atoms with Gasteiger partial charge in [0.1, 0.15) is 22.3 Å². The molecule has 0 atom stereocenters. The highest BCUT2D eigenvalue weighted by Crippen LogP contribution is 2.46. The third-order valence-electron chi connectivity index (χ3n) is 10.4. The first-order chi connectivity index (χ1) is 24.8. The van der Waals surface area contributed by atoms with Gasteiger partial charge in [-0.1, -0.05) is 127 Å². The summed E-state index contributed by atoms with van der Waals surface area (Å²) >= 11 is 0. The van der Waals surface area contributed by atoms with Gasteiger partial charge in [0.25, 0.3) is 0 Å². The number of rotatable bonds is 3. The third kappa shape index (κ3) is 3.96. The topological polar surface area (TPSA) is 26.3 Å². The minimum atomic E-state index is 0.834. The minimum Gasteiger partial charge on any atom is -0.456 e. The van der Waals surface area contributed by atoms with Gasteiger partial charge in [0, 0.05) is 16.2 Å². The first-order valence-corrected chi connectivity index (χ1v) is 17.1. The van der Waals surface area contributed by atoms with Crippen molar-refractivity contribution in [2.24, 2.45) is 0 Å². The molecule has 0 amide bonds. The molecule has 50 heavy (non-hydrogen) atoms. The van der Waals surface area contributed by atoms with E-state index in [1.807, 2.05) is 12.1 Å². The predicted molar refractivity (Wildman–Crippen MR) is 210 cm³/mol. The second kappa shape index (κ2) is 10.4. The van der Waals surface area contributed by atoms with E-state index in [0.717, 1.165) is 49.4 Å². The van der Waals surface area contributed by atoms with Crippen LogP contribution >= 0.6 is 0 Å². The Morgan fingerprint density at radius 3 is 1.50 bits per heavy atom. The molecule has 0 fully saturated rings. The van der Waals surface area contributed by atoms with Crippen molar-refractivity contribution in [3.63, 3.8) is 0 Å². The summed E-state index contributed by atoms with van der Waals surface area (Å²) in [7, 11) is 0. The summed E-state index contributed by atoms with van der Waals surface area (Å²) in [5.41, 5.74) is 10.8. The molecule has 0 bridgehead atoms. The average molecular weight is 637 g/mol. The van der Waals surface area contributed by atoms with Crippen LogP contribution in [0.25, 0.3) is 110 Å². The van der Waals surface area contributed by atoms with E-state index in [9.17, 15) is 0 Å². The Morgan fingerprint density at radius 1 is 0.280 bits per heavy atom. The molecule has 9 aromatic carbocycles. The maximum Gasteiger partial charge on any atom is 0.147 e. The molecule has 2 heterocycles. The molecule has 0 radical (unpaired) electrons. The molecule has 11 rings (SSSR count). The van der Waals surface area contributed by atoms with Gasteiger partial charge < -0.3 is 8.83 Å². The Hall–Kier alpha value is -6.64. The maximum atomic E-state index is 6.48.